The Morgan fingerprint density at radius 3 is 2.69 bits per heavy atom. The molecule has 5 nitrogen and oxygen atoms in total. The number of halogens is 1. The normalized spacial score (nSPS) is 14.4. The number of H-pyrrole nitrogens is 2. The number of hydrogen-bond acceptors (Lipinski definition) is 2. The summed E-state index contributed by atoms with van der Waals surface area (Å²) in [6.45, 7) is 2.22. The predicted octanol–water partition coefficient (Wildman–Crippen LogP) is 5.54. The van der Waals surface area contributed by atoms with Gasteiger partial charge >= 0.3 is 0 Å². The summed E-state index contributed by atoms with van der Waals surface area (Å²) in [6.07, 6.45) is 4.15. The highest BCUT2D eigenvalue weighted by molar-refractivity contribution is 6.31. The van der Waals surface area contributed by atoms with E-state index in [-0.39, 0.29) is 17.6 Å². The second-order valence-corrected chi connectivity index (χ2v) is 8.74. The van der Waals surface area contributed by atoms with Gasteiger partial charge in [0.25, 0.3) is 5.91 Å². The maximum Gasteiger partial charge on any atom is 0.268 e. The molecule has 1 aliphatic carbocycles. The molecule has 2 aromatic heterocycles. The Kier molecular flexibility index (Phi) is 5.35. The maximum absolute atomic E-state index is 13.1. The van der Waals surface area contributed by atoms with Crippen molar-refractivity contribution in [1.82, 2.24) is 15.3 Å². The Balaban J connectivity index is 1.47. The van der Waals surface area contributed by atoms with Crippen molar-refractivity contribution in [3.05, 3.63) is 93.4 Å². The molecule has 2 aromatic carbocycles. The SMILES string of the molecule is Cc1c(C(=O)NCC(c2ccccc2Cl)c2c[nH]c3ccccc23)[nH]c2c1C(=O)CCC2. The van der Waals surface area contributed by atoms with E-state index >= 15 is 0 Å². The van der Waals surface area contributed by atoms with Gasteiger partial charge in [-0.25, -0.2) is 0 Å². The van der Waals surface area contributed by atoms with Gasteiger partial charge in [0.15, 0.2) is 5.78 Å². The summed E-state index contributed by atoms with van der Waals surface area (Å²) in [5.41, 5.74) is 5.86. The number of Topliss-reactive ketones (excluding diaryl/α,β-unsaturated/α-hetero) is 1. The van der Waals surface area contributed by atoms with Crippen LogP contribution in [0.4, 0.5) is 0 Å². The average Bonchev–Trinajstić information content (AvgIpc) is 3.37. The van der Waals surface area contributed by atoms with Gasteiger partial charge in [0, 0.05) is 52.3 Å². The predicted molar refractivity (Wildman–Crippen MR) is 127 cm³/mol. The number of aromatic nitrogens is 2. The van der Waals surface area contributed by atoms with Gasteiger partial charge in [-0.05, 0) is 48.6 Å². The number of rotatable bonds is 5. The smallest absolute Gasteiger partial charge is 0.268 e. The lowest BCUT2D eigenvalue weighted by Gasteiger charge is -2.19. The van der Waals surface area contributed by atoms with Crippen LogP contribution in [0.2, 0.25) is 5.02 Å². The number of nitrogens with one attached hydrogen (secondary N) is 3. The molecule has 6 heteroatoms. The number of aromatic amines is 2. The van der Waals surface area contributed by atoms with Crippen molar-refractivity contribution in [3.8, 4) is 0 Å². The van der Waals surface area contributed by atoms with E-state index in [1.165, 1.54) is 0 Å². The third-order valence-electron chi connectivity index (χ3n) is 6.41. The molecule has 1 aliphatic rings. The first-order chi connectivity index (χ1) is 15.5. The molecule has 4 aromatic rings. The van der Waals surface area contributed by atoms with Crippen LogP contribution in [-0.2, 0) is 6.42 Å². The first kappa shape index (κ1) is 20.6. The number of benzene rings is 2. The number of para-hydroxylation sites is 1. The van der Waals surface area contributed by atoms with Gasteiger partial charge in [-0.15, -0.1) is 0 Å². The fourth-order valence-electron chi connectivity index (χ4n) is 4.81. The first-order valence-electron chi connectivity index (χ1n) is 10.9. The van der Waals surface area contributed by atoms with Crippen LogP contribution >= 0.6 is 11.6 Å². The monoisotopic (exact) mass is 445 g/mol. The Hall–Kier alpha value is -3.31. The zero-order valence-corrected chi connectivity index (χ0v) is 18.6. The van der Waals surface area contributed by atoms with Crippen LogP contribution in [0.5, 0.6) is 0 Å². The minimum absolute atomic E-state index is 0.117. The van der Waals surface area contributed by atoms with Crippen LogP contribution in [0.25, 0.3) is 10.9 Å². The van der Waals surface area contributed by atoms with Crippen molar-refractivity contribution in [2.24, 2.45) is 0 Å². The number of carbonyl (C=O) groups excluding carboxylic acids is 2. The van der Waals surface area contributed by atoms with Gasteiger partial charge in [0.1, 0.15) is 5.69 Å². The summed E-state index contributed by atoms with van der Waals surface area (Å²) in [5.74, 6) is -0.219. The zero-order chi connectivity index (χ0) is 22.2. The molecule has 0 spiro atoms. The number of ketones is 1. The van der Waals surface area contributed by atoms with Crippen molar-refractivity contribution in [3.63, 3.8) is 0 Å². The summed E-state index contributed by atoms with van der Waals surface area (Å²) >= 11 is 6.56. The van der Waals surface area contributed by atoms with Gasteiger partial charge in [-0.3, -0.25) is 9.59 Å². The van der Waals surface area contributed by atoms with E-state index in [2.05, 4.69) is 21.4 Å². The lowest BCUT2D eigenvalue weighted by molar-refractivity contribution is 0.0946. The van der Waals surface area contributed by atoms with E-state index in [1.807, 2.05) is 55.6 Å². The van der Waals surface area contributed by atoms with Crippen molar-refractivity contribution in [1.29, 1.82) is 0 Å². The molecule has 3 N–H and O–H groups in total. The van der Waals surface area contributed by atoms with Gasteiger partial charge < -0.3 is 15.3 Å². The summed E-state index contributed by atoms with van der Waals surface area (Å²) in [4.78, 5) is 32.0. The van der Waals surface area contributed by atoms with Crippen molar-refractivity contribution >= 4 is 34.2 Å². The minimum atomic E-state index is -0.207. The minimum Gasteiger partial charge on any atom is -0.361 e. The summed E-state index contributed by atoms with van der Waals surface area (Å²) < 4.78 is 0. The van der Waals surface area contributed by atoms with Crippen LogP contribution in [0.1, 0.15) is 62.0 Å². The first-order valence-corrected chi connectivity index (χ1v) is 11.3. The van der Waals surface area contributed by atoms with Crippen LogP contribution in [0.15, 0.2) is 54.7 Å². The molecule has 1 unspecified atom stereocenters. The van der Waals surface area contributed by atoms with E-state index in [0.29, 0.717) is 29.2 Å². The summed E-state index contributed by atoms with van der Waals surface area (Å²) in [7, 11) is 0. The van der Waals surface area contributed by atoms with E-state index in [9.17, 15) is 9.59 Å². The van der Waals surface area contributed by atoms with Gasteiger partial charge in [0.05, 0.1) is 0 Å². The van der Waals surface area contributed by atoms with E-state index in [1.54, 1.807) is 0 Å². The molecule has 0 radical (unpaired) electrons. The van der Waals surface area contributed by atoms with Gasteiger partial charge in [-0.1, -0.05) is 48.0 Å². The highest BCUT2D eigenvalue weighted by Gasteiger charge is 2.27. The Morgan fingerprint density at radius 2 is 1.88 bits per heavy atom. The lowest BCUT2D eigenvalue weighted by atomic mass is 9.90. The number of amides is 1. The molecule has 2 heterocycles. The quantitative estimate of drug-likeness (QED) is 0.377. The Bertz CT molecular complexity index is 1330. The Morgan fingerprint density at radius 1 is 1.09 bits per heavy atom. The van der Waals surface area contributed by atoms with Crippen LogP contribution in [0, 0.1) is 6.92 Å². The fraction of sp³-hybridized carbons (Fsp3) is 0.231. The van der Waals surface area contributed by atoms with E-state index < -0.39 is 0 Å². The van der Waals surface area contributed by atoms with Crippen molar-refractivity contribution in [2.75, 3.05) is 6.54 Å². The number of hydrogen-bond donors (Lipinski definition) is 3. The molecular weight excluding hydrogens is 422 g/mol. The molecule has 0 bridgehead atoms. The van der Waals surface area contributed by atoms with E-state index in [4.69, 9.17) is 11.6 Å². The summed E-state index contributed by atoms with van der Waals surface area (Å²) in [6, 6.07) is 15.8. The molecule has 1 atom stereocenters. The molecule has 32 heavy (non-hydrogen) atoms. The second-order valence-electron chi connectivity index (χ2n) is 8.33. The molecule has 0 saturated carbocycles. The topological polar surface area (TPSA) is 77.8 Å². The molecule has 0 fully saturated rings. The van der Waals surface area contributed by atoms with Crippen LogP contribution in [-0.4, -0.2) is 28.2 Å². The summed E-state index contributed by atoms with van der Waals surface area (Å²) in [5, 5.41) is 4.85. The number of fused-ring (bicyclic) bond motifs is 2. The van der Waals surface area contributed by atoms with Crippen molar-refractivity contribution < 1.29 is 9.59 Å². The fourth-order valence-corrected chi connectivity index (χ4v) is 5.08. The molecular formula is C26H24ClN3O2. The third kappa shape index (κ3) is 3.53. The van der Waals surface area contributed by atoms with Crippen molar-refractivity contribution in [2.45, 2.75) is 32.1 Å². The Labute approximate surface area is 191 Å². The highest BCUT2D eigenvalue weighted by Crippen LogP contribution is 2.34. The standard InChI is InChI=1S/C26H24ClN3O2/c1-15-24-22(11-6-12-23(24)31)30-25(15)26(32)29-14-18(16-7-2-4-9-20(16)27)19-13-28-21-10-5-3-8-17(19)21/h2-5,7-10,13,18,28,30H,6,11-12,14H2,1H3,(H,29,32). The average molecular weight is 446 g/mol. The van der Waals surface area contributed by atoms with Crippen LogP contribution in [0.3, 0.4) is 0 Å². The van der Waals surface area contributed by atoms with Crippen LogP contribution < -0.4 is 5.32 Å². The second kappa shape index (κ2) is 8.32. The maximum atomic E-state index is 13.1. The van der Waals surface area contributed by atoms with E-state index in [0.717, 1.165) is 46.1 Å². The number of carbonyl (C=O) groups is 2. The largest absolute Gasteiger partial charge is 0.361 e. The zero-order valence-electron chi connectivity index (χ0n) is 17.8. The molecule has 0 saturated heterocycles. The molecule has 5 rings (SSSR count). The lowest BCUT2D eigenvalue weighted by Crippen LogP contribution is -2.29. The molecule has 1 amide bonds. The van der Waals surface area contributed by atoms with Gasteiger partial charge in [0.2, 0.25) is 0 Å². The third-order valence-corrected chi connectivity index (χ3v) is 6.75. The van der Waals surface area contributed by atoms with Gasteiger partial charge in [-0.2, -0.15) is 0 Å². The molecule has 162 valence electrons. The molecule has 0 aliphatic heterocycles. The highest BCUT2D eigenvalue weighted by atomic mass is 35.5. The number of aryl methyl sites for hydroxylation is 1.